The maximum Gasteiger partial charge on any atom is 0.187 e. The van der Waals surface area contributed by atoms with E-state index < -0.39 is 112 Å². The first-order valence-electron chi connectivity index (χ1n) is 10.6. The van der Waals surface area contributed by atoms with Gasteiger partial charge in [-0.15, -0.1) is 0 Å². The molecule has 3 rings (SSSR count). The van der Waals surface area contributed by atoms with E-state index in [1.807, 2.05) is 0 Å². The van der Waals surface area contributed by atoms with Crippen molar-refractivity contribution >= 4 is 0 Å². The number of aliphatic hydroxyl groups is 11. The minimum Gasteiger partial charge on any atom is -0.394 e. The van der Waals surface area contributed by atoms with Gasteiger partial charge in [-0.1, -0.05) is 0 Å². The van der Waals surface area contributed by atoms with Gasteiger partial charge in [0.05, 0.1) is 19.8 Å². The van der Waals surface area contributed by atoms with E-state index in [2.05, 4.69) is 0 Å². The van der Waals surface area contributed by atoms with Crippen LogP contribution in [0.2, 0.25) is 0 Å². The van der Waals surface area contributed by atoms with Crippen LogP contribution in [0, 0.1) is 0 Å². The summed E-state index contributed by atoms with van der Waals surface area (Å²) in [6.45, 7) is -2.35. The van der Waals surface area contributed by atoms with Crippen molar-refractivity contribution < 1.29 is 79.9 Å². The zero-order valence-electron chi connectivity index (χ0n) is 17.7. The van der Waals surface area contributed by atoms with Crippen molar-refractivity contribution in [1.82, 2.24) is 0 Å². The molecule has 0 amide bonds. The Morgan fingerprint density at radius 3 is 1.26 bits per heavy atom. The highest BCUT2D eigenvalue weighted by atomic mass is 16.8. The molecule has 0 spiro atoms. The van der Waals surface area contributed by atoms with Crippen molar-refractivity contribution in [2.45, 2.75) is 92.1 Å². The number of ether oxygens (including phenoxy) is 5. The highest BCUT2D eigenvalue weighted by molar-refractivity contribution is 4.96. The lowest BCUT2D eigenvalue weighted by Gasteiger charge is -2.48. The third-order valence-electron chi connectivity index (χ3n) is 6.09. The summed E-state index contributed by atoms with van der Waals surface area (Å²) in [6.07, 6.45) is -25.6. The van der Waals surface area contributed by atoms with Gasteiger partial charge in [0.15, 0.2) is 18.9 Å². The number of hydrogen-bond donors (Lipinski definition) is 11. The fourth-order valence-corrected chi connectivity index (χ4v) is 4.04. The minimum atomic E-state index is -1.93. The van der Waals surface area contributed by atoms with Gasteiger partial charge in [-0.05, 0) is 0 Å². The molecule has 3 heterocycles. The van der Waals surface area contributed by atoms with Crippen molar-refractivity contribution in [3.8, 4) is 0 Å². The van der Waals surface area contributed by atoms with Crippen molar-refractivity contribution in [2.75, 3.05) is 19.8 Å². The predicted octanol–water partition coefficient (Wildman–Crippen LogP) is -7.57. The summed E-state index contributed by atoms with van der Waals surface area (Å²) in [7, 11) is 0. The maximum atomic E-state index is 10.5. The number of rotatable bonds is 7. The Hall–Kier alpha value is -0.640. The second-order valence-electron chi connectivity index (χ2n) is 8.33. The molecule has 0 aliphatic carbocycles. The standard InChI is InChI=1S/C18H32O16/c19-1-4-7(22)9(24)11(26)17(31-4)33-14-6(3-21)30-16(29)13(28)15(14)34-18-12(27)10(25)8(23)5(2-20)32-18/h4-29H,1-3H2/t4-,5-,6-,7-,8-,9+,10+,11+,12+,13+,14-,15-,16+,17-,18-/m1/s1. The molecule has 11 N–H and O–H groups in total. The van der Waals surface area contributed by atoms with E-state index >= 15 is 0 Å². The average Bonchev–Trinajstić information content (AvgIpc) is 2.83. The third-order valence-corrected chi connectivity index (χ3v) is 6.09. The molecule has 16 nitrogen and oxygen atoms in total. The smallest absolute Gasteiger partial charge is 0.187 e. The second-order valence-corrected chi connectivity index (χ2v) is 8.33. The van der Waals surface area contributed by atoms with Crippen molar-refractivity contribution in [3.63, 3.8) is 0 Å². The Morgan fingerprint density at radius 2 is 0.853 bits per heavy atom. The third kappa shape index (κ3) is 5.37. The largest absolute Gasteiger partial charge is 0.394 e. The molecule has 3 aliphatic heterocycles. The Kier molecular flexibility index (Phi) is 9.54. The Balaban J connectivity index is 1.84. The van der Waals surface area contributed by atoms with Gasteiger partial charge >= 0.3 is 0 Å². The molecule has 16 heteroatoms. The number of hydrogen-bond acceptors (Lipinski definition) is 16. The monoisotopic (exact) mass is 504 g/mol. The molecule has 3 fully saturated rings. The van der Waals surface area contributed by atoms with Crippen molar-refractivity contribution in [2.24, 2.45) is 0 Å². The second kappa shape index (κ2) is 11.6. The molecule has 0 saturated carbocycles. The minimum absolute atomic E-state index is 0.762. The Labute approximate surface area is 192 Å². The summed E-state index contributed by atoms with van der Waals surface area (Å²) in [5, 5.41) is 109. The molecule has 3 aliphatic rings. The zero-order chi connectivity index (χ0) is 25.3. The summed E-state index contributed by atoms with van der Waals surface area (Å²) in [6, 6.07) is 0. The molecule has 0 bridgehead atoms. The lowest BCUT2D eigenvalue weighted by molar-refractivity contribution is -0.383. The van der Waals surface area contributed by atoms with Crippen LogP contribution >= 0.6 is 0 Å². The van der Waals surface area contributed by atoms with Crippen LogP contribution in [0.5, 0.6) is 0 Å². The van der Waals surface area contributed by atoms with E-state index in [4.69, 9.17) is 23.7 Å². The van der Waals surface area contributed by atoms with Gasteiger partial charge in [-0.3, -0.25) is 0 Å². The highest BCUT2D eigenvalue weighted by Gasteiger charge is 2.53. The molecule has 0 aromatic carbocycles. The van der Waals surface area contributed by atoms with E-state index in [-0.39, 0.29) is 0 Å². The first-order valence-corrected chi connectivity index (χ1v) is 10.6. The first-order chi connectivity index (χ1) is 16.0. The van der Waals surface area contributed by atoms with Gasteiger partial charge < -0.3 is 79.9 Å². The van der Waals surface area contributed by atoms with Gasteiger partial charge in [0.1, 0.15) is 73.2 Å². The van der Waals surface area contributed by atoms with E-state index in [0.717, 1.165) is 0 Å². The summed E-state index contributed by atoms with van der Waals surface area (Å²) in [5.41, 5.74) is 0. The molecule has 0 aromatic rings. The maximum absolute atomic E-state index is 10.5. The molecular formula is C18H32O16. The van der Waals surface area contributed by atoms with Crippen LogP contribution in [0.25, 0.3) is 0 Å². The molecular weight excluding hydrogens is 472 g/mol. The normalized spacial score (nSPS) is 52.5. The Morgan fingerprint density at radius 1 is 0.441 bits per heavy atom. The summed E-state index contributed by atoms with van der Waals surface area (Å²) >= 11 is 0. The van der Waals surface area contributed by atoms with Gasteiger partial charge in [0.25, 0.3) is 0 Å². The van der Waals surface area contributed by atoms with Crippen molar-refractivity contribution in [1.29, 1.82) is 0 Å². The van der Waals surface area contributed by atoms with Crippen LogP contribution in [0.3, 0.4) is 0 Å². The summed E-state index contributed by atoms with van der Waals surface area (Å²) < 4.78 is 26.7. The zero-order valence-corrected chi connectivity index (χ0v) is 17.7. The molecule has 0 radical (unpaired) electrons. The molecule has 0 aromatic heterocycles. The van der Waals surface area contributed by atoms with Crippen LogP contribution in [0.4, 0.5) is 0 Å². The SMILES string of the molecule is OC[C@H]1O[C@H](O[C@@H]2[C@H](O)[C@@H](O)O[C@H](CO)[C@H]2O[C@H]2O[C@H](CO)[C@@H](O)[C@H](O)[C@@H]2O)[C@@H](O)[C@@H](O)[C@@H]1O. The van der Waals surface area contributed by atoms with Gasteiger partial charge in [0.2, 0.25) is 0 Å². The first kappa shape index (κ1) is 27.9. The Bertz CT molecular complexity index is 599. The fourth-order valence-electron chi connectivity index (χ4n) is 4.04. The van der Waals surface area contributed by atoms with E-state index in [9.17, 15) is 56.2 Å². The van der Waals surface area contributed by atoms with Crippen LogP contribution in [0.1, 0.15) is 0 Å². The van der Waals surface area contributed by atoms with Crippen molar-refractivity contribution in [3.05, 3.63) is 0 Å². The fraction of sp³-hybridized carbons (Fsp3) is 1.00. The average molecular weight is 504 g/mol. The molecule has 3 saturated heterocycles. The quantitative estimate of drug-likeness (QED) is 0.154. The van der Waals surface area contributed by atoms with Crippen LogP contribution < -0.4 is 0 Å². The molecule has 200 valence electrons. The van der Waals surface area contributed by atoms with E-state index in [1.54, 1.807) is 0 Å². The van der Waals surface area contributed by atoms with Gasteiger partial charge in [-0.2, -0.15) is 0 Å². The molecule has 0 unspecified atom stereocenters. The highest BCUT2D eigenvalue weighted by Crippen LogP contribution is 2.32. The predicted molar refractivity (Wildman–Crippen MR) is 101 cm³/mol. The van der Waals surface area contributed by atoms with Crippen LogP contribution in [-0.2, 0) is 23.7 Å². The van der Waals surface area contributed by atoms with Crippen LogP contribution in [-0.4, -0.2) is 168 Å². The molecule has 34 heavy (non-hydrogen) atoms. The number of aliphatic hydroxyl groups excluding tert-OH is 11. The van der Waals surface area contributed by atoms with E-state index in [1.165, 1.54) is 0 Å². The van der Waals surface area contributed by atoms with E-state index in [0.29, 0.717) is 0 Å². The van der Waals surface area contributed by atoms with Gasteiger partial charge in [-0.25, -0.2) is 0 Å². The lowest BCUT2D eigenvalue weighted by Crippen LogP contribution is -2.67. The summed E-state index contributed by atoms with van der Waals surface area (Å²) in [5.74, 6) is 0. The van der Waals surface area contributed by atoms with Gasteiger partial charge in [0, 0.05) is 0 Å². The summed E-state index contributed by atoms with van der Waals surface area (Å²) in [4.78, 5) is 0. The van der Waals surface area contributed by atoms with Crippen LogP contribution in [0.15, 0.2) is 0 Å². The lowest BCUT2D eigenvalue weighted by atomic mass is 9.96. The molecule has 15 atom stereocenters. The topological polar surface area (TPSA) is 269 Å².